The molecule has 0 bridgehead atoms. The normalized spacial score (nSPS) is 22.3. The Hall–Kier alpha value is -2.15. The zero-order valence-corrected chi connectivity index (χ0v) is 14.9. The molecule has 2 heterocycles. The van der Waals surface area contributed by atoms with E-state index >= 15 is 0 Å². The highest BCUT2D eigenvalue weighted by Crippen LogP contribution is 2.39. The highest BCUT2D eigenvalue weighted by Gasteiger charge is 2.39. The summed E-state index contributed by atoms with van der Waals surface area (Å²) >= 11 is 0. The lowest BCUT2D eigenvalue weighted by atomic mass is 9.80. The second-order valence-corrected chi connectivity index (χ2v) is 7.23. The van der Waals surface area contributed by atoms with Gasteiger partial charge in [0.05, 0.1) is 10.8 Å². The monoisotopic (exact) mass is 346 g/mol. The lowest BCUT2D eigenvalue weighted by Gasteiger charge is -2.45. The summed E-state index contributed by atoms with van der Waals surface area (Å²) < 4.78 is 0. The van der Waals surface area contributed by atoms with Gasteiger partial charge in [0.25, 0.3) is 5.69 Å². The van der Waals surface area contributed by atoms with Crippen LogP contribution in [0.4, 0.5) is 11.4 Å². The molecule has 1 aromatic rings. The zero-order valence-electron chi connectivity index (χ0n) is 14.9. The topological polar surface area (TPSA) is 78.7 Å². The minimum absolute atomic E-state index is 0.0657. The largest absolute Gasteiger partial charge is 0.368 e. The van der Waals surface area contributed by atoms with Crippen molar-refractivity contribution in [2.45, 2.75) is 31.7 Å². The van der Waals surface area contributed by atoms with Gasteiger partial charge in [-0.05, 0) is 51.4 Å². The summed E-state index contributed by atoms with van der Waals surface area (Å²) in [6.45, 7) is 2.34. The molecule has 2 atom stereocenters. The molecule has 7 heteroatoms. The van der Waals surface area contributed by atoms with Gasteiger partial charge in [-0.15, -0.1) is 0 Å². The van der Waals surface area contributed by atoms with Gasteiger partial charge < -0.3 is 15.1 Å². The molecule has 0 radical (unpaired) electrons. The minimum atomic E-state index is -0.366. The predicted molar refractivity (Wildman–Crippen MR) is 96.8 cm³/mol. The van der Waals surface area contributed by atoms with E-state index in [2.05, 4.69) is 10.2 Å². The molecule has 0 aromatic heterocycles. The van der Waals surface area contributed by atoms with Crippen LogP contribution in [-0.4, -0.2) is 55.5 Å². The lowest BCUT2D eigenvalue weighted by Crippen LogP contribution is -2.53. The van der Waals surface area contributed by atoms with Gasteiger partial charge in [-0.2, -0.15) is 0 Å². The number of rotatable bonds is 5. The van der Waals surface area contributed by atoms with Crippen LogP contribution in [0.5, 0.6) is 0 Å². The van der Waals surface area contributed by atoms with Crippen LogP contribution in [0.15, 0.2) is 18.2 Å². The molecule has 1 N–H and O–H groups in total. The standard InChI is InChI=1S/C18H26N4O3/c1-20(2)10-8-19-18(23)15-12-13-11-14(22(24)25)6-7-16(13)21-9-4-3-5-17(15)21/h6-7,11,15,17H,3-5,8-10,12H2,1-2H3,(H,19,23)/t15-,17+/m0/s1. The van der Waals surface area contributed by atoms with Crippen LogP contribution in [0.25, 0.3) is 0 Å². The van der Waals surface area contributed by atoms with E-state index in [1.54, 1.807) is 12.1 Å². The van der Waals surface area contributed by atoms with Gasteiger partial charge in [-0.1, -0.05) is 0 Å². The van der Waals surface area contributed by atoms with Gasteiger partial charge in [-0.3, -0.25) is 14.9 Å². The number of benzene rings is 1. The van der Waals surface area contributed by atoms with Crippen LogP contribution in [0.1, 0.15) is 24.8 Å². The number of hydrogen-bond donors (Lipinski definition) is 1. The molecule has 1 aromatic carbocycles. The highest BCUT2D eigenvalue weighted by atomic mass is 16.6. The van der Waals surface area contributed by atoms with Crippen LogP contribution in [-0.2, 0) is 11.2 Å². The Morgan fingerprint density at radius 3 is 2.92 bits per heavy atom. The third-order valence-corrected chi connectivity index (χ3v) is 5.23. The molecule has 0 spiro atoms. The Bertz CT molecular complexity index is 662. The predicted octanol–water partition coefficient (Wildman–Crippen LogP) is 1.80. The van der Waals surface area contributed by atoms with Gasteiger partial charge in [0, 0.05) is 43.5 Å². The first-order valence-corrected chi connectivity index (χ1v) is 8.94. The Morgan fingerprint density at radius 2 is 2.20 bits per heavy atom. The molecule has 7 nitrogen and oxygen atoms in total. The summed E-state index contributed by atoms with van der Waals surface area (Å²) in [6.07, 6.45) is 3.81. The molecule has 136 valence electrons. The maximum atomic E-state index is 12.8. The third-order valence-electron chi connectivity index (χ3n) is 5.23. The van der Waals surface area contributed by atoms with E-state index in [9.17, 15) is 14.9 Å². The first kappa shape index (κ1) is 17.7. The van der Waals surface area contributed by atoms with Crippen LogP contribution in [0, 0.1) is 16.0 Å². The first-order chi connectivity index (χ1) is 12.0. The van der Waals surface area contributed by atoms with E-state index < -0.39 is 0 Å². The van der Waals surface area contributed by atoms with Crippen molar-refractivity contribution in [3.05, 3.63) is 33.9 Å². The minimum Gasteiger partial charge on any atom is -0.368 e. The van der Waals surface area contributed by atoms with Gasteiger partial charge in [0.1, 0.15) is 0 Å². The highest BCUT2D eigenvalue weighted by molar-refractivity contribution is 5.82. The number of nitrogens with zero attached hydrogens (tertiary/aromatic N) is 3. The lowest BCUT2D eigenvalue weighted by molar-refractivity contribution is -0.384. The fourth-order valence-electron chi connectivity index (χ4n) is 3.98. The van der Waals surface area contributed by atoms with Crippen LogP contribution in [0.3, 0.4) is 0 Å². The number of piperidine rings is 1. The van der Waals surface area contributed by atoms with E-state index in [-0.39, 0.29) is 28.5 Å². The average molecular weight is 346 g/mol. The Labute approximate surface area is 148 Å². The number of nitro groups is 1. The molecule has 2 aliphatic rings. The summed E-state index contributed by atoms with van der Waals surface area (Å²) in [4.78, 5) is 27.8. The first-order valence-electron chi connectivity index (χ1n) is 8.94. The molecule has 2 aliphatic heterocycles. The van der Waals surface area contributed by atoms with Crippen molar-refractivity contribution in [2.24, 2.45) is 5.92 Å². The molecular weight excluding hydrogens is 320 g/mol. The van der Waals surface area contributed by atoms with Crippen molar-refractivity contribution in [2.75, 3.05) is 38.6 Å². The number of hydrogen-bond acceptors (Lipinski definition) is 5. The van der Waals surface area contributed by atoms with Crippen molar-refractivity contribution in [3.8, 4) is 0 Å². The maximum Gasteiger partial charge on any atom is 0.269 e. The van der Waals surface area contributed by atoms with E-state index in [4.69, 9.17) is 0 Å². The number of carbonyl (C=O) groups excluding carboxylic acids is 1. The molecule has 3 rings (SSSR count). The van der Waals surface area contributed by atoms with Crippen molar-refractivity contribution >= 4 is 17.3 Å². The molecule has 0 aliphatic carbocycles. The number of nitrogens with one attached hydrogen (secondary N) is 1. The number of amides is 1. The average Bonchev–Trinajstić information content (AvgIpc) is 2.60. The van der Waals surface area contributed by atoms with Gasteiger partial charge in [0.2, 0.25) is 5.91 Å². The van der Waals surface area contributed by atoms with E-state index in [1.807, 2.05) is 25.1 Å². The van der Waals surface area contributed by atoms with Gasteiger partial charge in [-0.25, -0.2) is 0 Å². The molecule has 1 amide bonds. The number of non-ortho nitro benzene ring substituents is 1. The van der Waals surface area contributed by atoms with Crippen molar-refractivity contribution in [3.63, 3.8) is 0 Å². The van der Waals surface area contributed by atoms with E-state index in [1.165, 1.54) is 0 Å². The zero-order chi connectivity index (χ0) is 18.0. The quantitative estimate of drug-likeness (QED) is 0.650. The molecule has 1 saturated heterocycles. The van der Waals surface area contributed by atoms with Crippen LogP contribution >= 0.6 is 0 Å². The number of likely N-dealkylation sites (N-methyl/N-ethyl adjacent to an activating group) is 1. The second kappa shape index (κ2) is 7.39. The van der Waals surface area contributed by atoms with Crippen molar-refractivity contribution in [1.82, 2.24) is 10.2 Å². The summed E-state index contributed by atoms with van der Waals surface area (Å²) in [5.74, 6) is -0.0760. The SMILES string of the molecule is CN(C)CCNC(=O)[C@H]1Cc2cc([N+](=O)[O-])ccc2N2CCCC[C@H]12. The van der Waals surface area contributed by atoms with Crippen molar-refractivity contribution in [1.29, 1.82) is 0 Å². The third kappa shape index (κ3) is 3.76. The smallest absolute Gasteiger partial charge is 0.269 e. The van der Waals surface area contributed by atoms with Crippen LogP contribution < -0.4 is 10.2 Å². The van der Waals surface area contributed by atoms with Gasteiger partial charge >= 0.3 is 0 Å². The molecule has 1 fully saturated rings. The fraction of sp³-hybridized carbons (Fsp3) is 0.611. The Balaban J connectivity index is 1.83. The Morgan fingerprint density at radius 1 is 1.40 bits per heavy atom. The van der Waals surface area contributed by atoms with E-state index in [0.717, 1.165) is 43.6 Å². The molecule has 0 saturated carbocycles. The Kier molecular flexibility index (Phi) is 5.22. The maximum absolute atomic E-state index is 12.8. The number of nitro benzene ring substituents is 1. The van der Waals surface area contributed by atoms with E-state index in [0.29, 0.717) is 13.0 Å². The number of fused-ring (bicyclic) bond motifs is 3. The summed E-state index contributed by atoms with van der Waals surface area (Å²) in [5.41, 5.74) is 2.08. The summed E-state index contributed by atoms with van der Waals surface area (Å²) in [7, 11) is 3.95. The van der Waals surface area contributed by atoms with Crippen molar-refractivity contribution < 1.29 is 9.72 Å². The summed E-state index contributed by atoms with van der Waals surface area (Å²) in [6, 6.07) is 5.26. The number of anilines is 1. The summed E-state index contributed by atoms with van der Waals surface area (Å²) in [5, 5.41) is 14.1. The fourth-order valence-corrected chi connectivity index (χ4v) is 3.98. The molecular formula is C18H26N4O3. The number of carbonyl (C=O) groups is 1. The molecule has 0 unspecified atom stereocenters. The van der Waals surface area contributed by atoms with Crippen LogP contribution in [0.2, 0.25) is 0 Å². The van der Waals surface area contributed by atoms with Gasteiger partial charge in [0.15, 0.2) is 0 Å². The molecule has 25 heavy (non-hydrogen) atoms. The second-order valence-electron chi connectivity index (χ2n) is 7.23.